The van der Waals surface area contributed by atoms with E-state index >= 15 is 0 Å². The summed E-state index contributed by atoms with van der Waals surface area (Å²) in [5.74, 6) is 0.587. The SMILES string of the molecule is CN[C@@H]1CCc2[nH]c3ccc(C(N)=O)cc3c2C1.C[C@]12CC3CC(N)(C1)C[C@@](C)(C3)C2. The first-order valence-electron chi connectivity index (χ1n) is 12.0. The molecule has 0 spiro atoms. The largest absolute Gasteiger partial charge is 0.366 e. The smallest absolute Gasteiger partial charge is 0.248 e. The van der Waals surface area contributed by atoms with Gasteiger partial charge >= 0.3 is 0 Å². The second-order valence-electron chi connectivity index (χ2n) is 11.9. The first-order valence-corrected chi connectivity index (χ1v) is 12.0. The Morgan fingerprint density at radius 1 is 1.13 bits per heavy atom. The van der Waals surface area contributed by atoms with Crippen LogP contribution in [0.25, 0.3) is 10.9 Å². The maximum absolute atomic E-state index is 11.3. The zero-order valence-corrected chi connectivity index (χ0v) is 19.3. The molecule has 5 heteroatoms. The number of likely N-dealkylation sites (N-methyl/N-ethyl adjacent to an activating group) is 1. The van der Waals surface area contributed by atoms with Crippen molar-refractivity contribution in [2.45, 2.75) is 83.2 Å². The molecule has 2 aromatic rings. The van der Waals surface area contributed by atoms with E-state index in [0.29, 0.717) is 22.4 Å². The number of nitrogens with two attached hydrogens (primary N) is 2. The van der Waals surface area contributed by atoms with Crippen molar-refractivity contribution in [3.05, 3.63) is 35.0 Å². The summed E-state index contributed by atoms with van der Waals surface area (Å²) in [6.07, 6.45) is 11.5. The quantitative estimate of drug-likeness (QED) is 0.588. The van der Waals surface area contributed by atoms with Gasteiger partial charge in [0.15, 0.2) is 0 Å². The third-order valence-electron chi connectivity index (χ3n) is 8.55. The fourth-order valence-electron chi connectivity index (χ4n) is 8.35. The first-order chi connectivity index (χ1) is 14.6. The maximum Gasteiger partial charge on any atom is 0.248 e. The molecule has 0 aliphatic heterocycles. The molecule has 168 valence electrons. The van der Waals surface area contributed by atoms with Crippen molar-refractivity contribution in [2.75, 3.05) is 7.05 Å². The van der Waals surface area contributed by atoms with E-state index in [1.807, 2.05) is 19.2 Å². The number of nitrogens with one attached hydrogen (secondary N) is 2. The average molecular weight is 423 g/mol. The lowest BCUT2D eigenvalue weighted by atomic mass is 9.43. The van der Waals surface area contributed by atoms with Gasteiger partial charge in [-0.2, -0.15) is 0 Å². The lowest BCUT2D eigenvalue weighted by Crippen LogP contribution is -2.62. The monoisotopic (exact) mass is 422 g/mol. The minimum atomic E-state index is -0.368. The zero-order valence-electron chi connectivity index (χ0n) is 19.3. The van der Waals surface area contributed by atoms with Gasteiger partial charge in [-0.3, -0.25) is 4.79 Å². The summed E-state index contributed by atoms with van der Waals surface area (Å²) in [6, 6.07) is 6.16. The number of primary amides is 1. The molecule has 1 amide bonds. The lowest BCUT2D eigenvalue weighted by Gasteiger charge is -2.64. The Balaban J connectivity index is 0.000000138. The molecule has 5 nitrogen and oxygen atoms in total. The number of aromatic nitrogens is 1. The number of aryl methyl sites for hydroxylation is 1. The van der Waals surface area contributed by atoms with Gasteiger partial charge in [-0.15, -0.1) is 0 Å². The Hall–Kier alpha value is -1.85. The van der Waals surface area contributed by atoms with Crippen LogP contribution in [0, 0.1) is 16.7 Å². The third-order valence-corrected chi connectivity index (χ3v) is 8.55. The van der Waals surface area contributed by atoms with Gasteiger partial charge in [0.2, 0.25) is 5.91 Å². The van der Waals surface area contributed by atoms with Crippen LogP contribution in [0.3, 0.4) is 0 Å². The van der Waals surface area contributed by atoms with E-state index in [-0.39, 0.29) is 11.4 Å². The highest BCUT2D eigenvalue weighted by molar-refractivity contribution is 5.98. The Kier molecular flexibility index (Phi) is 4.80. The van der Waals surface area contributed by atoms with Gasteiger partial charge in [0, 0.05) is 33.7 Å². The van der Waals surface area contributed by atoms with Crippen molar-refractivity contribution in [2.24, 2.45) is 28.2 Å². The molecule has 7 rings (SSSR count). The van der Waals surface area contributed by atoms with E-state index in [4.69, 9.17) is 11.5 Å². The van der Waals surface area contributed by atoms with Gasteiger partial charge in [0.25, 0.3) is 0 Å². The van der Waals surface area contributed by atoms with E-state index < -0.39 is 0 Å². The van der Waals surface area contributed by atoms with E-state index in [0.717, 1.165) is 36.1 Å². The fourth-order valence-corrected chi connectivity index (χ4v) is 8.35. The molecule has 4 fully saturated rings. The van der Waals surface area contributed by atoms with E-state index in [1.165, 1.54) is 49.8 Å². The Labute approximate surface area is 185 Å². The number of carbonyl (C=O) groups excluding carboxylic acids is 1. The average Bonchev–Trinajstić information content (AvgIpc) is 3.01. The number of hydrogen-bond acceptors (Lipinski definition) is 3. The van der Waals surface area contributed by atoms with Crippen LogP contribution < -0.4 is 16.8 Å². The minimum absolute atomic E-state index is 0.225. The lowest BCUT2D eigenvalue weighted by molar-refractivity contribution is -0.104. The van der Waals surface area contributed by atoms with E-state index in [2.05, 4.69) is 24.1 Å². The second kappa shape index (κ2) is 7.08. The highest BCUT2D eigenvalue weighted by Gasteiger charge is 2.58. The summed E-state index contributed by atoms with van der Waals surface area (Å²) in [5, 5.41) is 4.47. The summed E-state index contributed by atoms with van der Waals surface area (Å²) in [5.41, 5.74) is 17.6. The topological polar surface area (TPSA) is 96.9 Å². The van der Waals surface area contributed by atoms with Crippen LogP contribution in [-0.4, -0.2) is 29.5 Å². The van der Waals surface area contributed by atoms with Crippen molar-refractivity contribution in [1.29, 1.82) is 0 Å². The van der Waals surface area contributed by atoms with Crippen LogP contribution >= 0.6 is 0 Å². The highest BCUT2D eigenvalue weighted by Crippen LogP contribution is 2.65. The molecule has 5 aliphatic carbocycles. The molecular weight excluding hydrogens is 384 g/mol. The number of H-pyrrole nitrogens is 1. The standard InChI is InChI=1S/C14H17N3O.C12H21N/c1-16-9-3-5-13-11(7-9)10-6-8(14(15)18)2-4-12(10)17-13;1-10-3-9-4-11(2,6-10)8-12(13,5-9)7-10/h2,4,6,9,16-17H,3,5,7H2,1H3,(H2,15,18);9H,3-8,13H2,1-2H3/t9-;9?,10-,11+,12?/m1./s1. The normalized spacial score (nSPS) is 37.9. The Morgan fingerprint density at radius 2 is 1.84 bits per heavy atom. The van der Waals surface area contributed by atoms with Crippen LogP contribution in [0.5, 0.6) is 0 Å². The molecule has 1 aromatic carbocycles. The molecule has 5 aliphatic rings. The maximum atomic E-state index is 11.3. The summed E-state index contributed by atoms with van der Waals surface area (Å²) in [4.78, 5) is 14.7. The molecule has 0 radical (unpaired) electrons. The molecule has 2 unspecified atom stereocenters. The molecule has 1 aromatic heterocycles. The Bertz CT molecular complexity index is 973. The summed E-state index contributed by atoms with van der Waals surface area (Å²) in [7, 11) is 2.00. The van der Waals surface area contributed by atoms with Gasteiger partial charge in [0.1, 0.15) is 0 Å². The van der Waals surface area contributed by atoms with Gasteiger partial charge in [0.05, 0.1) is 0 Å². The second-order valence-corrected chi connectivity index (χ2v) is 11.9. The zero-order chi connectivity index (χ0) is 22.0. The molecule has 4 bridgehead atoms. The molecule has 31 heavy (non-hydrogen) atoms. The number of carbonyl (C=O) groups is 1. The van der Waals surface area contributed by atoms with Crippen molar-refractivity contribution >= 4 is 16.8 Å². The number of hydrogen-bond donors (Lipinski definition) is 4. The van der Waals surface area contributed by atoms with Crippen molar-refractivity contribution in [3.63, 3.8) is 0 Å². The number of amides is 1. The molecule has 0 saturated heterocycles. The van der Waals surface area contributed by atoms with Gasteiger partial charge < -0.3 is 21.8 Å². The summed E-state index contributed by atoms with van der Waals surface area (Å²) < 4.78 is 0. The van der Waals surface area contributed by atoms with Crippen LogP contribution in [0.15, 0.2) is 18.2 Å². The fraction of sp³-hybridized carbons (Fsp3) is 0.654. The minimum Gasteiger partial charge on any atom is -0.366 e. The number of rotatable bonds is 2. The highest BCUT2D eigenvalue weighted by atomic mass is 16.1. The predicted molar refractivity (Wildman–Crippen MR) is 126 cm³/mol. The van der Waals surface area contributed by atoms with Crippen LogP contribution in [0.4, 0.5) is 0 Å². The van der Waals surface area contributed by atoms with Crippen molar-refractivity contribution in [3.8, 4) is 0 Å². The molecule has 5 atom stereocenters. The first kappa shape index (κ1) is 21.0. The number of aromatic amines is 1. The van der Waals surface area contributed by atoms with Crippen LogP contribution in [-0.2, 0) is 12.8 Å². The van der Waals surface area contributed by atoms with Gasteiger partial charge in [-0.05, 0) is 105 Å². The van der Waals surface area contributed by atoms with E-state index in [1.54, 1.807) is 6.07 Å². The van der Waals surface area contributed by atoms with Crippen LogP contribution in [0.1, 0.15) is 80.4 Å². The van der Waals surface area contributed by atoms with Gasteiger partial charge in [-0.1, -0.05) is 13.8 Å². The van der Waals surface area contributed by atoms with Crippen molar-refractivity contribution in [1.82, 2.24) is 10.3 Å². The molecule has 6 N–H and O–H groups in total. The predicted octanol–water partition coefficient (Wildman–Crippen LogP) is 4.04. The van der Waals surface area contributed by atoms with Crippen molar-refractivity contribution < 1.29 is 4.79 Å². The number of fused-ring (bicyclic) bond motifs is 3. The Morgan fingerprint density at radius 3 is 2.42 bits per heavy atom. The number of benzene rings is 1. The van der Waals surface area contributed by atoms with E-state index in [9.17, 15) is 4.79 Å². The molecule has 4 saturated carbocycles. The molecular formula is C26H38N4O. The molecule has 1 heterocycles. The van der Waals surface area contributed by atoms with Gasteiger partial charge in [-0.25, -0.2) is 0 Å². The van der Waals surface area contributed by atoms with Crippen LogP contribution in [0.2, 0.25) is 0 Å². The third kappa shape index (κ3) is 3.80. The summed E-state index contributed by atoms with van der Waals surface area (Å²) >= 11 is 0. The summed E-state index contributed by atoms with van der Waals surface area (Å²) in [6.45, 7) is 4.94.